The van der Waals surface area contributed by atoms with Crippen molar-refractivity contribution >= 4 is 34.8 Å². The highest BCUT2D eigenvalue weighted by molar-refractivity contribution is 7.09. The summed E-state index contributed by atoms with van der Waals surface area (Å²) >= 11 is 1.18. The first kappa shape index (κ1) is 19.0. The van der Waals surface area contributed by atoms with Crippen LogP contribution in [0.25, 0.3) is 0 Å². The highest BCUT2D eigenvalue weighted by Gasteiger charge is 2.35. The summed E-state index contributed by atoms with van der Waals surface area (Å²) in [5.41, 5.74) is 2.01. The molecule has 3 rings (SSSR count). The quantitative estimate of drug-likeness (QED) is 0.760. The summed E-state index contributed by atoms with van der Waals surface area (Å²) in [7, 11) is 0. The molecule has 7 nitrogen and oxygen atoms in total. The van der Waals surface area contributed by atoms with Gasteiger partial charge in [0, 0.05) is 24.0 Å². The Morgan fingerprint density at radius 2 is 2.07 bits per heavy atom. The Morgan fingerprint density at radius 3 is 2.70 bits per heavy atom. The van der Waals surface area contributed by atoms with E-state index in [-0.39, 0.29) is 30.5 Å². The zero-order chi connectivity index (χ0) is 19.4. The largest absolute Gasteiger partial charge is 0.476 e. The van der Waals surface area contributed by atoms with Gasteiger partial charge in [0.15, 0.2) is 5.69 Å². The number of thiazole rings is 1. The molecule has 2 heterocycles. The molecule has 1 saturated heterocycles. The van der Waals surface area contributed by atoms with E-state index in [1.54, 1.807) is 4.90 Å². The molecule has 1 aromatic carbocycles. The Hall–Kier alpha value is -2.74. The first-order valence-corrected chi connectivity index (χ1v) is 9.70. The van der Waals surface area contributed by atoms with Gasteiger partial charge in [-0.2, -0.15) is 0 Å². The van der Waals surface area contributed by atoms with Crippen molar-refractivity contribution in [3.05, 3.63) is 45.9 Å². The van der Waals surface area contributed by atoms with Crippen molar-refractivity contribution in [2.24, 2.45) is 5.92 Å². The summed E-state index contributed by atoms with van der Waals surface area (Å²) < 4.78 is 0. The normalized spacial score (nSPS) is 16.6. The molecule has 1 aliphatic heterocycles. The van der Waals surface area contributed by atoms with E-state index < -0.39 is 11.9 Å². The van der Waals surface area contributed by atoms with Crippen LogP contribution in [0.1, 0.15) is 40.8 Å². The van der Waals surface area contributed by atoms with Gasteiger partial charge in [-0.1, -0.05) is 25.5 Å². The lowest BCUT2D eigenvalue weighted by atomic mass is 10.1. The number of carboxylic acids is 1. The van der Waals surface area contributed by atoms with Gasteiger partial charge in [-0.05, 0) is 24.1 Å². The van der Waals surface area contributed by atoms with Crippen LogP contribution < -0.4 is 10.2 Å². The molecule has 142 valence electrons. The van der Waals surface area contributed by atoms with Gasteiger partial charge in [-0.25, -0.2) is 9.78 Å². The zero-order valence-corrected chi connectivity index (χ0v) is 15.8. The van der Waals surface area contributed by atoms with Gasteiger partial charge in [0.25, 0.3) is 0 Å². The molecule has 8 heteroatoms. The third-order valence-corrected chi connectivity index (χ3v) is 5.32. The smallest absolute Gasteiger partial charge is 0.355 e. The maximum atomic E-state index is 12.4. The molecule has 1 fully saturated rings. The maximum absolute atomic E-state index is 12.4. The number of rotatable bonds is 7. The Kier molecular flexibility index (Phi) is 5.85. The van der Waals surface area contributed by atoms with Gasteiger partial charge in [0.05, 0.1) is 12.5 Å². The van der Waals surface area contributed by atoms with Gasteiger partial charge in [0.2, 0.25) is 11.8 Å². The second kappa shape index (κ2) is 8.30. The summed E-state index contributed by atoms with van der Waals surface area (Å²) in [4.78, 5) is 41.1. The highest BCUT2D eigenvalue weighted by atomic mass is 32.1. The second-order valence-electron chi connectivity index (χ2n) is 6.47. The molecule has 2 N–H and O–H groups in total. The van der Waals surface area contributed by atoms with Crippen LogP contribution >= 0.6 is 11.3 Å². The average Bonchev–Trinajstić information content (AvgIpc) is 3.28. The highest BCUT2D eigenvalue weighted by Crippen LogP contribution is 2.26. The van der Waals surface area contributed by atoms with Crippen LogP contribution in [0, 0.1) is 5.92 Å². The standard InChI is InChI=1S/C19H21N3O4S/c1-2-3-12-4-6-14(7-5-12)22-10-13(8-17(22)23)18(24)20-9-16-21-15(11-27-16)19(25)26/h4-7,11,13H,2-3,8-10H2,1H3,(H,20,24)(H,25,26). The van der Waals surface area contributed by atoms with Crippen LogP contribution in [0.15, 0.2) is 29.6 Å². The summed E-state index contributed by atoms with van der Waals surface area (Å²) in [6, 6.07) is 7.88. The second-order valence-corrected chi connectivity index (χ2v) is 7.41. The Balaban J connectivity index is 1.57. The number of amides is 2. The Labute approximate surface area is 161 Å². The van der Waals surface area contributed by atoms with E-state index in [1.807, 2.05) is 24.3 Å². The number of benzene rings is 1. The average molecular weight is 387 g/mol. The molecule has 27 heavy (non-hydrogen) atoms. The predicted molar refractivity (Wildman–Crippen MR) is 102 cm³/mol. The first-order chi connectivity index (χ1) is 13.0. The minimum atomic E-state index is -1.09. The number of aryl methyl sites for hydroxylation is 1. The van der Waals surface area contributed by atoms with E-state index >= 15 is 0 Å². The predicted octanol–water partition coefficient (Wildman–Crippen LogP) is 2.46. The van der Waals surface area contributed by atoms with E-state index in [4.69, 9.17) is 5.11 Å². The van der Waals surface area contributed by atoms with Gasteiger partial charge in [0.1, 0.15) is 5.01 Å². The molecule has 0 aliphatic carbocycles. The molecular weight excluding hydrogens is 366 g/mol. The molecule has 1 aliphatic rings. The molecule has 0 saturated carbocycles. The number of nitrogens with one attached hydrogen (secondary N) is 1. The summed E-state index contributed by atoms with van der Waals surface area (Å²) in [5, 5.41) is 13.6. The number of hydrogen-bond donors (Lipinski definition) is 2. The van der Waals surface area contributed by atoms with E-state index in [9.17, 15) is 14.4 Å². The Bertz CT molecular complexity index is 847. The van der Waals surface area contributed by atoms with Crippen molar-refractivity contribution in [3.63, 3.8) is 0 Å². The van der Waals surface area contributed by atoms with Crippen molar-refractivity contribution < 1.29 is 19.5 Å². The van der Waals surface area contributed by atoms with Crippen LogP contribution in [0.4, 0.5) is 5.69 Å². The maximum Gasteiger partial charge on any atom is 0.355 e. The van der Waals surface area contributed by atoms with E-state index in [0.717, 1.165) is 18.5 Å². The SMILES string of the molecule is CCCc1ccc(N2CC(C(=O)NCc3nc(C(=O)O)cs3)CC2=O)cc1. The van der Waals surface area contributed by atoms with Gasteiger partial charge in [-0.3, -0.25) is 9.59 Å². The van der Waals surface area contributed by atoms with Crippen molar-refractivity contribution in [1.82, 2.24) is 10.3 Å². The molecule has 0 bridgehead atoms. The van der Waals surface area contributed by atoms with E-state index in [0.29, 0.717) is 11.6 Å². The van der Waals surface area contributed by atoms with Crippen molar-refractivity contribution in [1.29, 1.82) is 0 Å². The topological polar surface area (TPSA) is 99.6 Å². The lowest BCUT2D eigenvalue weighted by molar-refractivity contribution is -0.126. The number of carboxylic acid groups (broad SMARTS) is 1. The number of carbonyl (C=O) groups excluding carboxylic acids is 2. The van der Waals surface area contributed by atoms with Gasteiger partial charge < -0.3 is 15.3 Å². The molecule has 1 unspecified atom stereocenters. The molecule has 1 aromatic heterocycles. The van der Waals surface area contributed by atoms with Crippen molar-refractivity contribution in [3.8, 4) is 0 Å². The van der Waals surface area contributed by atoms with Crippen molar-refractivity contribution in [2.45, 2.75) is 32.7 Å². The molecular formula is C19H21N3O4S. The third kappa shape index (κ3) is 4.51. The van der Waals surface area contributed by atoms with Gasteiger partial charge in [-0.15, -0.1) is 11.3 Å². The molecule has 1 atom stereocenters. The van der Waals surface area contributed by atoms with Gasteiger partial charge >= 0.3 is 5.97 Å². The van der Waals surface area contributed by atoms with E-state index in [1.165, 1.54) is 22.3 Å². The summed E-state index contributed by atoms with van der Waals surface area (Å²) in [6.07, 6.45) is 2.23. The number of anilines is 1. The monoisotopic (exact) mass is 387 g/mol. The van der Waals surface area contributed by atoms with Crippen LogP contribution in [0.2, 0.25) is 0 Å². The van der Waals surface area contributed by atoms with Crippen LogP contribution in [0.5, 0.6) is 0 Å². The first-order valence-electron chi connectivity index (χ1n) is 8.82. The van der Waals surface area contributed by atoms with Crippen LogP contribution in [-0.4, -0.2) is 34.4 Å². The number of carbonyl (C=O) groups is 3. The minimum Gasteiger partial charge on any atom is -0.476 e. The summed E-state index contributed by atoms with van der Waals surface area (Å²) in [5.74, 6) is -1.81. The van der Waals surface area contributed by atoms with Crippen molar-refractivity contribution in [2.75, 3.05) is 11.4 Å². The van der Waals surface area contributed by atoms with Crippen LogP contribution in [-0.2, 0) is 22.6 Å². The Morgan fingerprint density at radius 1 is 1.33 bits per heavy atom. The molecule has 2 aromatic rings. The number of aromatic nitrogens is 1. The number of hydrogen-bond acceptors (Lipinski definition) is 5. The fourth-order valence-electron chi connectivity index (χ4n) is 3.06. The van der Waals surface area contributed by atoms with E-state index in [2.05, 4.69) is 17.2 Å². The van der Waals surface area contributed by atoms with Crippen LogP contribution in [0.3, 0.4) is 0 Å². The summed E-state index contributed by atoms with van der Waals surface area (Å²) in [6.45, 7) is 2.62. The number of nitrogens with zero attached hydrogens (tertiary/aromatic N) is 2. The minimum absolute atomic E-state index is 0.0296. The molecule has 0 radical (unpaired) electrons. The fraction of sp³-hybridized carbons (Fsp3) is 0.368. The fourth-order valence-corrected chi connectivity index (χ4v) is 3.77. The third-order valence-electron chi connectivity index (χ3n) is 4.47. The molecule has 0 spiro atoms. The molecule has 2 amide bonds. The lowest BCUT2D eigenvalue weighted by Crippen LogP contribution is -2.32. The lowest BCUT2D eigenvalue weighted by Gasteiger charge is -2.17. The number of aromatic carboxylic acids is 1. The zero-order valence-electron chi connectivity index (χ0n) is 15.0.